The van der Waals surface area contributed by atoms with Crippen LogP contribution in [-0.4, -0.2) is 33.1 Å². The highest BCUT2D eigenvalue weighted by Crippen LogP contribution is 2.32. The van der Waals surface area contributed by atoms with E-state index in [0.717, 1.165) is 36.3 Å². The van der Waals surface area contributed by atoms with Crippen molar-refractivity contribution in [2.24, 2.45) is 0 Å². The molecular formula is C18H20FN3OS. The Labute approximate surface area is 145 Å². The van der Waals surface area contributed by atoms with Crippen LogP contribution in [0.3, 0.4) is 0 Å². The fraction of sp³-hybridized carbons (Fsp3) is 0.389. The number of carbonyl (C=O) groups excluding carboxylic acids is 1. The van der Waals surface area contributed by atoms with Crippen LogP contribution in [-0.2, 0) is 4.79 Å². The van der Waals surface area contributed by atoms with Crippen molar-refractivity contribution in [3.63, 3.8) is 0 Å². The number of halogens is 1. The molecule has 3 rings (SSSR count). The zero-order valence-electron chi connectivity index (χ0n) is 13.8. The van der Waals surface area contributed by atoms with Crippen LogP contribution in [0.1, 0.15) is 35.8 Å². The van der Waals surface area contributed by atoms with Gasteiger partial charge in [-0.3, -0.25) is 4.79 Å². The maximum absolute atomic E-state index is 13.1. The number of carbonyl (C=O) groups is 1. The van der Waals surface area contributed by atoms with E-state index in [2.05, 4.69) is 9.97 Å². The van der Waals surface area contributed by atoms with Gasteiger partial charge in [-0.15, -0.1) is 0 Å². The van der Waals surface area contributed by atoms with Gasteiger partial charge < -0.3 is 4.90 Å². The first-order valence-corrected chi connectivity index (χ1v) is 9.01. The second-order valence-electron chi connectivity index (χ2n) is 6.02. The van der Waals surface area contributed by atoms with Gasteiger partial charge in [-0.1, -0.05) is 23.9 Å². The minimum absolute atomic E-state index is 0.0406. The Balaban J connectivity index is 1.66. The molecular weight excluding hydrogens is 325 g/mol. The molecule has 4 nitrogen and oxygen atoms in total. The molecule has 0 N–H and O–H groups in total. The molecule has 2 heterocycles. The van der Waals surface area contributed by atoms with E-state index in [4.69, 9.17) is 0 Å². The SMILES string of the molecule is Cc1cc(C)nc(SCC(=O)N2CCCC2c2ccc(F)cc2)n1. The van der Waals surface area contributed by atoms with E-state index in [1.807, 2.05) is 24.8 Å². The summed E-state index contributed by atoms with van der Waals surface area (Å²) in [6, 6.07) is 8.40. The molecule has 1 aromatic heterocycles. The highest BCUT2D eigenvalue weighted by Gasteiger charge is 2.29. The van der Waals surface area contributed by atoms with E-state index in [0.29, 0.717) is 10.9 Å². The zero-order valence-corrected chi connectivity index (χ0v) is 14.6. The maximum atomic E-state index is 13.1. The van der Waals surface area contributed by atoms with Gasteiger partial charge in [-0.2, -0.15) is 0 Å². The van der Waals surface area contributed by atoms with Crippen molar-refractivity contribution in [1.82, 2.24) is 14.9 Å². The van der Waals surface area contributed by atoms with Crippen LogP contribution in [0.5, 0.6) is 0 Å². The lowest BCUT2D eigenvalue weighted by atomic mass is 10.0. The first-order chi connectivity index (χ1) is 11.5. The Morgan fingerprint density at radius 3 is 2.58 bits per heavy atom. The average Bonchev–Trinajstić information content (AvgIpc) is 3.02. The zero-order chi connectivity index (χ0) is 17.1. The van der Waals surface area contributed by atoms with Crippen molar-refractivity contribution in [1.29, 1.82) is 0 Å². The summed E-state index contributed by atoms with van der Waals surface area (Å²) in [5.41, 5.74) is 2.81. The van der Waals surface area contributed by atoms with Crippen molar-refractivity contribution >= 4 is 17.7 Å². The summed E-state index contributed by atoms with van der Waals surface area (Å²) in [6.07, 6.45) is 1.89. The third kappa shape index (κ3) is 3.93. The predicted molar refractivity (Wildman–Crippen MR) is 92.3 cm³/mol. The molecule has 0 saturated carbocycles. The van der Waals surface area contributed by atoms with Crippen LogP contribution in [0.15, 0.2) is 35.5 Å². The lowest BCUT2D eigenvalue weighted by molar-refractivity contribution is -0.129. The number of rotatable bonds is 4. The van der Waals surface area contributed by atoms with Crippen LogP contribution in [0, 0.1) is 19.7 Å². The molecule has 1 aromatic carbocycles. The van der Waals surface area contributed by atoms with Gasteiger partial charge in [0, 0.05) is 17.9 Å². The molecule has 0 bridgehead atoms. The molecule has 1 aliphatic rings. The van der Waals surface area contributed by atoms with Crippen LogP contribution in [0.2, 0.25) is 0 Å². The Bertz CT molecular complexity index is 715. The van der Waals surface area contributed by atoms with Crippen molar-refractivity contribution in [3.8, 4) is 0 Å². The van der Waals surface area contributed by atoms with Gasteiger partial charge in [-0.25, -0.2) is 14.4 Å². The molecule has 126 valence electrons. The van der Waals surface area contributed by atoms with Crippen LogP contribution in [0.25, 0.3) is 0 Å². The lowest BCUT2D eigenvalue weighted by Crippen LogP contribution is -2.32. The monoisotopic (exact) mass is 345 g/mol. The molecule has 1 aliphatic heterocycles. The molecule has 0 radical (unpaired) electrons. The van der Waals surface area contributed by atoms with Gasteiger partial charge >= 0.3 is 0 Å². The number of thioether (sulfide) groups is 1. The summed E-state index contributed by atoms with van der Waals surface area (Å²) in [7, 11) is 0. The Kier molecular flexibility index (Phi) is 5.14. The number of nitrogens with zero attached hydrogens (tertiary/aromatic N) is 3. The van der Waals surface area contributed by atoms with Gasteiger partial charge in [0.25, 0.3) is 0 Å². The normalized spacial score (nSPS) is 17.3. The molecule has 1 fully saturated rings. The first kappa shape index (κ1) is 16.9. The smallest absolute Gasteiger partial charge is 0.233 e. The summed E-state index contributed by atoms with van der Waals surface area (Å²) in [5.74, 6) is 0.146. The van der Waals surface area contributed by atoms with Crippen molar-refractivity contribution in [2.75, 3.05) is 12.3 Å². The van der Waals surface area contributed by atoms with Gasteiger partial charge in [0.1, 0.15) is 5.82 Å². The van der Waals surface area contributed by atoms with Crippen LogP contribution >= 0.6 is 11.8 Å². The van der Waals surface area contributed by atoms with E-state index in [1.54, 1.807) is 12.1 Å². The highest BCUT2D eigenvalue weighted by molar-refractivity contribution is 7.99. The molecule has 1 atom stereocenters. The number of aryl methyl sites for hydroxylation is 2. The number of likely N-dealkylation sites (tertiary alicyclic amines) is 1. The van der Waals surface area contributed by atoms with E-state index in [9.17, 15) is 9.18 Å². The molecule has 0 aliphatic carbocycles. The molecule has 1 amide bonds. The Morgan fingerprint density at radius 2 is 1.92 bits per heavy atom. The third-order valence-electron chi connectivity index (χ3n) is 4.11. The van der Waals surface area contributed by atoms with E-state index < -0.39 is 0 Å². The Hall–Kier alpha value is -1.95. The number of benzene rings is 1. The standard InChI is InChI=1S/C18H20FN3OS/c1-12-10-13(2)21-18(20-12)24-11-17(23)22-9-3-4-16(22)14-5-7-15(19)8-6-14/h5-8,10,16H,3-4,9,11H2,1-2H3. The van der Waals surface area contributed by atoms with Crippen molar-refractivity contribution in [2.45, 2.75) is 37.9 Å². The number of hydrogen-bond acceptors (Lipinski definition) is 4. The number of amides is 1. The predicted octanol–water partition coefficient (Wildman–Crippen LogP) is 3.69. The largest absolute Gasteiger partial charge is 0.335 e. The molecule has 0 spiro atoms. The van der Waals surface area contributed by atoms with Crippen LogP contribution in [0.4, 0.5) is 4.39 Å². The summed E-state index contributed by atoms with van der Waals surface area (Å²) in [6.45, 7) is 4.59. The fourth-order valence-electron chi connectivity index (χ4n) is 3.06. The van der Waals surface area contributed by atoms with Crippen molar-refractivity contribution < 1.29 is 9.18 Å². The van der Waals surface area contributed by atoms with Crippen LogP contribution < -0.4 is 0 Å². The number of hydrogen-bond donors (Lipinski definition) is 0. The van der Waals surface area contributed by atoms with E-state index in [1.165, 1.54) is 23.9 Å². The summed E-state index contributed by atoms with van der Waals surface area (Å²) >= 11 is 1.37. The summed E-state index contributed by atoms with van der Waals surface area (Å²) in [5, 5.41) is 0.637. The summed E-state index contributed by atoms with van der Waals surface area (Å²) < 4.78 is 13.1. The quantitative estimate of drug-likeness (QED) is 0.626. The minimum Gasteiger partial charge on any atom is -0.335 e. The third-order valence-corrected chi connectivity index (χ3v) is 4.95. The Morgan fingerprint density at radius 1 is 1.25 bits per heavy atom. The minimum atomic E-state index is -0.253. The molecule has 1 saturated heterocycles. The fourth-order valence-corrected chi connectivity index (χ4v) is 3.90. The van der Waals surface area contributed by atoms with E-state index in [-0.39, 0.29) is 17.8 Å². The molecule has 1 unspecified atom stereocenters. The second-order valence-corrected chi connectivity index (χ2v) is 6.96. The molecule has 2 aromatic rings. The molecule has 6 heteroatoms. The average molecular weight is 345 g/mol. The molecule has 24 heavy (non-hydrogen) atoms. The summed E-state index contributed by atoms with van der Waals surface area (Å²) in [4.78, 5) is 23.2. The second kappa shape index (κ2) is 7.30. The maximum Gasteiger partial charge on any atom is 0.233 e. The van der Waals surface area contributed by atoms with Crippen molar-refractivity contribution in [3.05, 3.63) is 53.1 Å². The van der Waals surface area contributed by atoms with E-state index >= 15 is 0 Å². The van der Waals surface area contributed by atoms with Gasteiger partial charge in [0.05, 0.1) is 11.8 Å². The van der Waals surface area contributed by atoms with Gasteiger partial charge in [0.15, 0.2) is 5.16 Å². The first-order valence-electron chi connectivity index (χ1n) is 8.03. The lowest BCUT2D eigenvalue weighted by Gasteiger charge is -2.25. The number of aromatic nitrogens is 2. The van der Waals surface area contributed by atoms with Gasteiger partial charge in [-0.05, 0) is 50.5 Å². The topological polar surface area (TPSA) is 46.1 Å². The highest BCUT2D eigenvalue weighted by atomic mass is 32.2. The van der Waals surface area contributed by atoms with Gasteiger partial charge in [0.2, 0.25) is 5.91 Å².